The molecule has 1 aromatic carbocycles. The van der Waals surface area contributed by atoms with Crippen LogP contribution in [0.4, 0.5) is 0 Å². The van der Waals surface area contributed by atoms with Crippen LogP contribution in [0.25, 0.3) is 0 Å². The minimum absolute atomic E-state index is 0.0352. The Morgan fingerprint density at radius 3 is 2.59 bits per heavy atom. The van der Waals surface area contributed by atoms with E-state index in [1.165, 1.54) is 5.56 Å². The standard InChI is InChI=1S/C17H29N3OS/c1-3-13(2)16(20-11-15(18)12-22)17(21)19-10-9-14-7-5-4-6-8-14/h4-8,13,15-16,20,22H,3,9-12,18H2,1-2H3,(H,19,21)/t13?,15-,16+/m1/s1. The summed E-state index contributed by atoms with van der Waals surface area (Å²) in [4.78, 5) is 12.4. The van der Waals surface area contributed by atoms with Crippen LogP contribution in [-0.4, -0.2) is 36.8 Å². The first kappa shape index (κ1) is 19.0. The third-order valence-electron chi connectivity index (χ3n) is 3.89. The van der Waals surface area contributed by atoms with E-state index in [1.54, 1.807) is 0 Å². The van der Waals surface area contributed by atoms with E-state index in [0.29, 0.717) is 18.8 Å². The van der Waals surface area contributed by atoms with Crippen molar-refractivity contribution < 1.29 is 4.79 Å². The third kappa shape index (κ3) is 6.81. The van der Waals surface area contributed by atoms with Crippen molar-refractivity contribution >= 4 is 18.5 Å². The number of carbonyl (C=O) groups is 1. The molecule has 0 fully saturated rings. The summed E-state index contributed by atoms with van der Waals surface area (Å²) in [5, 5.41) is 6.31. The summed E-state index contributed by atoms with van der Waals surface area (Å²) in [7, 11) is 0. The quantitative estimate of drug-likeness (QED) is 0.495. The normalized spacial score (nSPS) is 15.1. The maximum Gasteiger partial charge on any atom is 0.237 e. The van der Waals surface area contributed by atoms with Crippen LogP contribution >= 0.6 is 12.6 Å². The fourth-order valence-corrected chi connectivity index (χ4v) is 2.34. The largest absolute Gasteiger partial charge is 0.354 e. The molecular formula is C17H29N3OS. The Kier molecular flexibility index (Phi) is 9.20. The Labute approximate surface area is 139 Å². The molecule has 0 saturated carbocycles. The van der Waals surface area contributed by atoms with Gasteiger partial charge in [-0.15, -0.1) is 0 Å². The molecule has 124 valence electrons. The van der Waals surface area contributed by atoms with Gasteiger partial charge in [0.25, 0.3) is 0 Å². The first-order valence-electron chi connectivity index (χ1n) is 7.99. The minimum atomic E-state index is -0.202. The molecule has 0 aliphatic rings. The average molecular weight is 324 g/mol. The van der Waals surface area contributed by atoms with Crippen LogP contribution in [-0.2, 0) is 11.2 Å². The van der Waals surface area contributed by atoms with Gasteiger partial charge in [0.1, 0.15) is 0 Å². The Morgan fingerprint density at radius 1 is 1.32 bits per heavy atom. The number of hydrogen-bond acceptors (Lipinski definition) is 4. The summed E-state index contributed by atoms with van der Waals surface area (Å²) in [6.45, 7) is 5.43. The zero-order chi connectivity index (χ0) is 16.4. The molecule has 1 amide bonds. The molecule has 22 heavy (non-hydrogen) atoms. The molecule has 0 aliphatic carbocycles. The molecule has 3 atom stereocenters. The molecule has 0 radical (unpaired) electrons. The van der Waals surface area contributed by atoms with E-state index < -0.39 is 0 Å². The second-order valence-electron chi connectivity index (χ2n) is 5.74. The van der Waals surface area contributed by atoms with E-state index >= 15 is 0 Å². The number of nitrogens with one attached hydrogen (secondary N) is 2. The van der Waals surface area contributed by atoms with Gasteiger partial charge < -0.3 is 16.4 Å². The Bertz CT molecular complexity index is 427. The summed E-state index contributed by atoms with van der Waals surface area (Å²) in [6.07, 6.45) is 1.79. The smallest absolute Gasteiger partial charge is 0.237 e. The van der Waals surface area contributed by atoms with Gasteiger partial charge in [-0.05, 0) is 17.9 Å². The fourth-order valence-electron chi connectivity index (χ4n) is 2.22. The molecular weight excluding hydrogens is 294 g/mol. The van der Waals surface area contributed by atoms with Gasteiger partial charge >= 0.3 is 0 Å². The highest BCUT2D eigenvalue weighted by molar-refractivity contribution is 7.80. The highest BCUT2D eigenvalue weighted by Crippen LogP contribution is 2.08. The SMILES string of the molecule is CCC(C)[C@H](NC[C@@H](N)CS)C(=O)NCCc1ccccc1. The summed E-state index contributed by atoms with van der Waals surface area (Å²) in [5.41, 5.74) is 7.10. The summed E-state index contributed by atoms with van der Waals surface area (Å²) in [6, 6.07) is 9.93. The van der Waals surface area contributed by atoms with Crippen LogP contribution in [0.5, 0.6) is 0 Å². The van der Waals surface area contributed by atoms with Crippen LogP contribution in [0.15, 0.2) is 30.3 Å². The lowest BCUT2D eigenvalue weighted by atomic mass is 9.98. The lowest BCUT2D eigenvalue weighted by Gasteiger charge is -2.25. The molecule has 1 rings (SSSR count). The lowest BCUT2D eigenvalue weighted by molar-refractivity contribution is -0.124. The molecule has 1 unspecified atom stereocenters. The van der Waals surface area contributed by atoms with Crippen LogP contribution in [0.2, 0.25) is 0 Å². The summed E-state index contributed by atoms with van der Waals surface area (Å²) < 4.78 is 0. The van der Waals surface area contributed by atoms with E-state index in [2.05, 4.69) is 49.2 Å². The Morgan fingerprint density at radius 2 is 2.00 bits per heavy atom. The average Bonchev–Trinajstić information content (AvgIpc) is 2.55. The van der Waals surface area contributed by atoms with Crippen molar-refractivity contribution in [1.29, 1.82) is 0 Å². The van der Waals surface area contributed by atoms with E-state index in [4.69, 9.17) is 5.73 Å². The number of amides is 1. The molecule has 4 nitrogen and oxygen atoms in total. The number of benzene rings is 1. The maximum atomic E-state index is 12.4. The fraction of sp³-hybridized carbons (Fsp3) is 0.588. The van der Waals surface area contributed by atoms with Crippen molar-refractivity contribution in [3.8, 4) is 0 Å². The van der Waals surface area contributed by atoms with Crippen LogP contribution < -0.4 is 16.4 Å². The van der Waals surface area contributed by atoms with Gasteiger partial charge in [0.15, 0.2) is 0 Å². The zero-order valence-corrected chi connectivity index (χ0v) is 14.5. The highest BCUT2D eigenvalue weighted by atomic mass is 32.1. The Balaban J connectivity index is 2.45. The molecule has 0 spiro atoms. The van der Waals surface area contributed by atoms with E-state index in [1.807, 2.05) is 18.2 Å². The van der Waals surface area contributed by atoms with Crippen LogP contribution in [0, 0.1) is 5.92 Å². The van der Waals surface area contributed by atoms with E-state index in [0.717, 1.165) is 12.8 Å². The van der Waals surface area contributed by atoms with E-state index in [-0.39, 0.29) is 23.9 Å². The van der Waals surface area contributed by atoms with Gasteiger partial charge in [-0.25, -0.2) is 0 Å². The van der Waals surface area contributed by atoms with Gasteiger partial charge in [-0.1, -0.05) is 50.6 Å². The molecule has 0 aromatic heterocycles. The molecule has 1 aromatic rings. The number of carbonyl (C=O) groups excluding carboxylic acids is 1. The number of thiol groups is 1. The number of nitrogens with two attached hydrogens (primary N) is 1. The second kappa shape index (κ2) is 10.6. The van der Waals surface area contributed by atoms with Gasteiger partial charge in [-0.3, -0.25) is 4.79 Å². The molecule has 0 heterocycles. The third-order valence-corrected chi connectivity index (χ3v) is 4.35. The van der Waals surface area contributed by atoms with Gasteiger partial charge in [0.05, 0.1) is 6.04 Å². The predicted molar refractivity (Wildman–Crippen MR) is 96.2 cm³/mol. The summed E-state index contributed by atoms with van der Waals surface area (Å²) >= 11 is 4.18. The molecule has 5 heteroatoms. The molecule has 0 bridgehead atoms. The summed E-state index contributed by atoms with van der Waals surface area (Å²) in [5.74, 6) is 0.927. The van der Waals surface area contributed by atoms with Crippen molar-refractivity contribution in [1.82, 2.24) is 10.6 Å². The van der Waals surface area contributed by atoms with Gasteiger partial charge in [0, 0.05) is 24.9 Å². The topological polar surface area (TPSA) is 67.1 Å². The van der Waals surface area contributed by atoms with Crippen molar-refractivity contribution in [2.24, 2.45) is 11.7 Å². The minimum Gasteiger partial charge on any atom is -0.354 e. The lowest BCUT2D eigenvalue weighted by Crippen LogP contribution is -2.51. The van der Waals surface area contributed by atoms with Crippen LogP contribution in [0.1, 0.15) is 25.8 Å². The molecule has 0 saturated heterocycles. The van der Waals surface area contributed by atoms with Crippen molar-refractivity contribution in [2.75, 3.05) is 18.8 Å². The van der Waals surface area contributed by atoms with Crippen LogP contribution in [0.3, 0.4) is 0 Å². The molecule has 4 N–H and O–H groups in total. The highest BCUT2D eigenvalue weighted by Gasteiger charge is 2.23. The van der Waals surface area contributed by atoms with Gasteiger partial charge in [-0.2, -0.15) is 12.6 Å². The van der Waals surface area contributed by atoms with E-state index in [9.17, 15) is 4.79 Å². The first-order valence-corrected chi connectivity index (χ1v) is 8.63. The Hall–Kier alpha value is -1.04. The molecule has 0 aliphatic heterocycles. The number of hydrogen-bond donors (Lipinski definition) is 4. The predicted octanol–water partition coefficient (Wildman–Crippen LogP) is 1.61. The monoisotopic (exact) mass is 323 g/mol. The van der Waals surface area contributed by atoms with Gasteiger partial charge in [0.2, 0.25) is 5.91 Å². The van der Waals surface area contributed by atoms with Crippen molar-refractivity contribution in [3.05, 3.63) is 35.9 Å². The van der Waals surface area contributed by atoms with Crippen molar-refractivity contribution in [3.63, 3.8) is 0 Å². The number of rotatable bonds is 10. The van der Waals surface area contributed by atoms with Crippen molar-refractivity contribution in [2.45, 2.75) is 38.8 Å². The first-order chi connectivity index (χ1) is 10.6. The zero-order valence-electron chi connectivity index (χ0n) is 13.6. The second-order valence-corrected chi connectivity index (χ2v) is 6.11. The maximum absolute atomic E-state index is 12.4.